The molecule has 0 aromatic heterocycles. The summed E-state index contributed by atoms with van der Waals surface area (Å²) in [5.74, 6) is 0. The van der Waals surface area contributed by atoms with Gasteiger partial charge in [0.05, 0.1) is 6.10 Å². The van der Waals surface area contributed by atoms with Crippen molar-refractivity contribution in [3.05, 3.63) is 0 Å². The monoisotopic (exact) mass is 256 g/mol. The fourth-order valence-electron chi connectivity index (χ4n) is 2.27. The number of rotatable bonds is 14. The minimum Gasteiger partial charge on any atom is -0.393 e. The van der Waals surface area contributed by atoms with Gasteiger partial charge in [-0.05, 0) is 6.42 Å². The molecule has 0 spiro atoms. The molecular formula is C16H32O2. The van der Waals surface area contributed by atoms with Gasteiger partial charge in [-0.1, -0.05) is 77.6 Å². The molecular weight excluding hydrogens is 224 g/mol. The summed E-state index contributed by atoms with van der Waals surface area (Å²) in [6.07, 6.45) is 16.1. The molecule has 0 aromatic carbocycles. The minimum atomic E-state index is -0.402. The van der Waals surface area contributed by atoms with Crippen molar-refractivity contribution < 1.29 is 9.90 Å². The van der Waals surface area contributed by atoms with E-state index in [2.05, 4.69) is 6.92 Å². The van der Waals surface area contributed by atoms with Crippen LogP contribution in [0.1, 0.15) is 90.4 Å². The lowest BCUT2D eigenvalue weighted by atomic mass is 10.0. The minimum absolute atomic E-state index is 0.303. The molecule has 0 rings (SSSR count). The molecule has 2 nitrogen and oxygen atoms in total. The van der Waals surface area contributed by atoms with Crippen molar-refractivity contribution in [3.8, 4) is 0 Å². The SMILES string of the molecule is CCCCCCCCCCCCCC(O)CC=O. The van der Waals surface area contributed by atoms with E-state index in [9.17, 15) is 9.90 Å². The Morgan fingerprint density at radius 3 is 1.72 bits per heavy atom. The first-order valence-corrected chi connectivity index (χ1v) is 7.93. The summed E-state index contributed by atoms with van der Waals surface area (Å²) in [4.78, 5) is 10.2. The fourth-order valence-corrected chi connectivity index (χ4v) is 2.27. The van der Waals surface area contributed by atoms with Gasteiger partial charge in [-0.15, -0.1) is 0 Å². The third-order valence-corrected chi connectivity index (χ3v) is 3.51. The Balaban J connectivity index is 3.00. The molecule has 0 heterocycles. The summed E-state index contributed by atoms with van der Waals surface area (Å²) >= 11 is 0. The van der Waals surface area contributed by atoms with Crippen molar-refractivity contribution in [2.24, 2.45) is 0 Å². The van der Waals surface area contributed by atoms with Crippen molar-refractivity contribution in [1.82, 2.24) is 0 Å². The van der Waals surface area contributed by atoms with Crippen LogP contribution in [0.25, 0.3) is 0 Å². The van der Waals surface area contributed by atoms with Gasteiger partial charge in [-0.3, -0.25) is 0 Å². The van der Waals surface area contributed by atoms with Crippen LogP contribution in [-0.4, -0.2) is 17.5 Å². The molecule has 0 saturated heterocycles. The third-order valence-electron chi connectivity index (χ3n) is 3.51. The second kappa shape index (κ2) is 14.7. The van der Waals surface area contributed by atoms with Crippen LogP contribution in [0.3, 0.4) is 0 Å². The fraction of sp³-hybridized carbons (Fsp3) is 0.938. The number of carbonyl (C=O) groups excluding carboxylic acids is 1. The van der Waals surface area contributed by atoms with Crippen LogP contribution >= 0.6 is 0 Å². The van der Waals surface area contributed by atoms with E-state index in [0.29, 0.717) is 6.42 Å². The lowest BCUT2D eigenvalue weighted by Gasteiger charge is -2.06. The molecule has 0 aliphatic carbocycles. The van der Waals surface area contributed by atoms with E-state index in [0.717, 1.165) is 19.1 Å². The van der Waals surface area contributed by atoms with E-state index in [1.165, 1.54) is 64.2 Å². The Kier molecular flexibility index (Phi) is 14.4. The van der Waals surface area contributed by atoms with Crippen LogP contribution in [0.15, 0.2) is 0 Å². The number of unbranched alkanes of at least 4 members (excludes halogenated alkanes) is 10. The number of aliphatic hydroxyl groups excluding tert-OH is 1. The lowest BCUT2D eigenvalue weighted by Crippen LogP contribution is -2.06. The molecule has 0 aliphatic heterocycles. The highest BCUT2D eigenvalue weighted by atomic mass is 16.3. The van der Waals surface area contributed by atoms with E-state index in [1.54, 1.807) is 0 Å². The van der Waals surface area contributed by atoms with Gasteiger partial charge in [0.1, 0.15) is 6.29 Å². The molecule has 1 atom stereocenters. The second-order valence-corrected chi connectivity index (χ2v) is 5.38. The van der Waals surface area contributed by atoms with Crippen LogP contribution in [0, 0.1) is 0 Å². The van der Waals surface area contributed by atoms with Gasteiger partial charge in [-0.25, -0.2) is 0 Å². The number of carbonyl (C=O) groups is 1. The Labute approximate surface area is 113 Å². The van der Waals surface area contributed by atoms with Gasteiger partial charge in [-0.2, -0.15) is 0 Å². The number of hydrogen-bond acceptors (Lipinski definition) is 2. The molecule has 1 N–H and O–H groups in total. The van der Waals surface area contributed by atoms with Gasteiger partial charge in [0.2, 0.25) is 0 Å². The first-order chi connectivity index (χ1) is 8.81. The van der Waals surface area contributed by atoms with Gasteiger partial charge in [0.15, 0.2) is 0 Å². The maximum absolute atomic E-state index is 10.2. The van der Waals surface area contributed by atoms with Gasteiger partial charge in [0.25, 0.3) is 0 Å². The molecule has 0 bridgehead atoms. The average molecular weight is 256 g/mol. The largest absolute Gasteiger partial charge is 0.393 e. The quantitative estimate of drug-likeness (QED) is 0.363. The lowest BCUT2D eigenvalue weighted by molar-refractivity contribution is -0.109. The van der Waals surface area contributed by atoms with Gasteiger partial charge >= 0.3 is 0 Å². The molecule has 0 aliphatic rings. The van der Waals surface area contributed by atoms with E-state index in [4.69, 9.17) is 0 Å². The highest BCUT2D eigenvalue weighted by Gasteiger charge is 2.01. The molecule has 0 saturated carbocycles. The molecule has 0 fully saturated rings. The van der Waals surface area contributed by atoms with Crippen molar-refractivity contribution in [1.29, 1.82) is 0 Å². The van der Waals surface area contributed by atoms with Crippen LogP contribution in [-0.2, 0) is 4.79 Å². The second-order valence-electron chi connectivity index (χ2n) is 5.38. The predicted octanol–water partition coefficient (Wildman–Crippen LogP) is 4.64. The summed E-state index contributed by atoms with van der Waals surface area (Å²) in [5, 5.41) is 9.36. The molecule has 2 heteroatoms. The molecule has 18 heavy (non-hydrogen) atoms. The van der Waals surface area contributed by atoms with Crippen LogP contribution in [0.2, 0.25) is 0 Å². The Morgan fingerprint density at radius 2 is 1.28 bits per heavy atom. The molecule has 108 valence electrons. The normalized spacial score (nSPS) is 12.6. The predicted molar refractivity (Wildman–Crippen MR) is 77.8 cm³/mol. The van der Waals surface area contributed by atoms with E-state index < -0.39 is 6.10 Å². The Hall–Kier alpha value is -0.370. The van der Waals surface area contributed by atoms with E-state index in [1.807, 2.05) is 0 Å². The summed E-state index contributed by atoms with van der Waals surface area (Å²) in [5.41, 5.74) is 0. The van der Waals surface area contributed by atoms with Crippen molar-refractivity contribution in [2.75, 3.05) is 0 Å². The summed E-state index contributed by atoms with van der Waals surface area (Å²) in [6, 6.07) is 0. The zero-order chi connectivity index (χ0) is 13.5. The summed E-state index contributed by atoms with van der Waals surface area (Å²) in [6.45, 7) is 2.26. The van der Waals surface area contributed by atoms with Gasteiger partial charge < -0.3 is 9.90 Å². The third kappa shape index (κ3) is 13.7. The van der Waals surface area contributed by atoms with Crippen LogP contribution in [0.5, 0.6) is 0 Å². The summed E-state index contributed by atoms with van der Waals surface area (Å²) in [7, 11) is 0. The van der Waals surface area contributed by atoms with E-state index >= 15 is 0 Å². The summed E-state index contributed by atoms with van der Waals surface area (Å²) < 4.78 is 0. The van der Waals surface area contributed by atoms with Crippen LogP contribution in [0.4, 0.5) is 0 Å². The van der Waals surface area contributed by atoms with E-state index in [-0.39, 0.29) is 0 Å². The molecule has 0 amide bonds. The number of aldehydes is 1. The van der Waals surface area contributed by atoms with Crippen molar-refractivity contribution in [3.63, 3.8) is 0 Å². The Morgan fingerprint density at radius 1 is 0.833 bits per heavy atom. The topological polar surface area (TPSA) is 37.3 Å². The maximum Gasteiger partial charge on any atom is 0.122 e. The van der Waals surface area contributed by atoms with Crippen molar-refractivity contribution in [2.45, 2.75) is 96.5 Å². The molecule has 0 aromatic rings. The maximum atomic E-state index is 10.2. The van der Waals surface area contributed by atoms with Gasteiger partial charge in [0, 0.05) is 6.42 Å². The smallest absolute Gasteiger partial charge is 0.122 e. The zero-order valence-electron chi connectivity index (χ0n) is 12.2. The molecule has 1 unspecified atom stereocenters. The Bertz CT molecular complexity index is 168. The first kappa shape index (κ1) is 17.6. The number of aliphatic hydroxyl groups is 1. The number of hydrogen-bond donors (Lipinski definition) is 1. The highest BCUT2D eigenvalue weighted by molar-refractivity contribution is 5.49. The molecule has 0 radical (unpaired) electrons. The standard InChI is InChI=1S/C16H32O2/c1-2-3-4-5-6-7-8-9-10-11-12-13-16(18)14-15-17/h15-16,18H,2-14H2,1H3. The average Bonchev–Trinajstić information content (AvgIpc) is 2.36. The van der Waals surface area contributed by atoms with Crippen LogP contribution < -0.4 is 0 Å². The first-order valence-electron chi connectivity index (χ1n) is 7.93. The zero-order valence-corrected chi connectivity index (χ0v) is 12.2. The highest BCUT2D eigenvalue weighted by Crippen LogP contribution is 2.12. The van der Waals surface area contributed by atoms with Crippen molar-refractivity contribution >= 4 is 6.29 Å².